The van der Waals surface area contributed by atoms with Crippen molar-refractivity contribution in [2.24, 2.45) is 4.99 Å². The quantitative estimate of drug-likeness (QED) is 0.197. The summed E-state index contributed by atoms with van der Waals surface area (Å²) in [6.45, 7) is 3.63. The Morgan fingerprint density at radius 2 is 1.86 bits per heavy atom. The molecule has 0 aliphatic heterocycles. The molecule has 0 fully saturated rings. The van der Waals surface area contributed by atoms with E-state index >= 15 is 0 Å². The molecule has 160 valence electrons. The molecule has 0 bridgehead atoms. The van der Waals surface area contributed by atoms with Gasteiger partial charge in [-0.25, -0.2) is 0 Å². The maximum Gasteiger partial charge on any atom is 0.253 e. The van der Waals surface area contributed by atoms with Gasteiger partial charge >= 0.3 is 0 Å². The number of benzene rings is 1. The lowest BCUT2D eigenvalue weighted by molar-refractivity contribution is 0.0689. The molecular formula is C20H35IN4O3. The number of nitrogens with one attached hydrogen (secondary N) is 2. The molecule has 0 saturated heterocycles. The summed E-state index contributed by atoms with van der Waals surface area (Å²) in [5.41, 5.74) is 1.84. The van der Waals surface area contributed by atoms with Crippen LogP contribution in [0.1, 0.15) is 28.8 Å². The lowest BCUT2D eigenvalue weighted by Gasteiger charge is -2.13. The van der Waals surface area contributed by atoms with Crippen LogP contribution in [0.15, 0.2) is 29.3 Å². The molecule has 0 aliphatic carbocycles. The number of amides is 1. The molecule has 1 aromatic carbocycles. The van der Waals surface area contributed by atoms with E-state index in [9.17, 15) is 4.79 Å². The summed E-state index contributed by atoms with van der Waals surface area (Å²) < 4.78 is 10.4. The summed E-state index contributed by atoms with van der Waals surface area (Å²) in [4.78, 5) is 17.9. The van der Waals surface area contributed by atoms with Crippen LogP contribution in [0.25, 0.3) is 0 Å². The Bertz CT molecular complexity index is 582. The minimum Gasteiger partial charge on any atom is -0.382 e. The number of unbranched alkanes of at least 4 members (excludes halogenated alkanes) is 1. The molecule has 0 heterocycles. The van der Waals surface area contributed by atoms with E-state index in [1.54, 1.807) is 33.2 Å². The van der Waals surface area contributed by atoms with Gasteiger partial charge in [0.05, 0.1) is 13.2 Å². The van der Waals surface area contributed by atoms with Crippen molar-refractivity contribution in [3.63, 3.8) is 0 Å². The van der Waals surface area contributed by atoms with Crippen LogP contribution >= 0.6 is 24.0 Å². The minimum absolute atomic E-state index is 0. The Morgan fingerprint density at radius 3 is 2.54 bits per heavy atom. The highest BCUT2D eigenvalue weighted by atomic mass is 127. The van der Waals surface area contributed by atoms with Crippen LogP contribution in [0, 0.1) is 0 Å². The highest BCUT2D eigenvalue weighted by molar-refractivity contribution is 14.0. The van der Waals surface area contributed by atoms with Crippen LogP contribution in [0.5, 0.6) is 0 Å². The second-order valence-corrected chi connectivity index (χ2v) is 6.39. The van der Waals surface area contributed by atoms with Crippen LogP contribution in [-0.2, 0) is 15.9 Å². The van der Waals surface area contributed by atoms with Crippen molar-refractivity contribution in [1.82, 2.24) is 15.5 Å². The smallest absolute Gasteiger partial charge is 0.253 e. The number of carbonyl (C=O) groups excluding carboxylic acids is 1. The van der Waals surface area contributed by atoms with E-state index in [0.29, 0.717) is 18.8 Å². The van der Waals surface area contributed by atoms with Gasteiger partial charge in [0.25, 0.3) is 5.91 Å². The van der Waals surface area contributed by atoms with Crippen LogP contribution < -0.4 is 10.6 Å². The highest BCUT2D eigenvalue weighted by Gasteiger charge is 2.08. The van der Waals surface area contributed by atoms with Crippen molar-refractivity contribution in [3.05, 3.63) is 35.4 Å². The fourth-order valence-electron chi connectivity index (χ4n) is 2.44. The lowest BCUT2D eigenvalue weighted by Crippen LogP contribution is -2.38. The van der Waals surface area contributed by atoms with Crippen LogP contribution in [0.2, 0.25) is 0 Å². The van der Waals surface area contributed by atoms with Crippen molar-refractivity contribution < 1.29 is 14.3 Å². The van der Waals surface area contributed by atoms with Crippen LogP contribution in [-0.4, -0.2) is 77.9 Å². The van der Waals surface area contributed by atoms with Crippen molar-refractivity contribution in [2.75, 3.05) is 61.2 Å². The zero-order valence-corrected chi connectivity index (χ0v) is 19.8. The van der Waals surface area contributed by atoms with E-state index in [1.807, 2.05) is 24.3 Å². The largest absolute Gasteiger partial charge is 0.382 e. The number of halogens is 1. The van der Waals surface area contributed by atoms with Gasteiger partial charge in [-0.1, -0.05) is 12.1 Å². The SMILES string of the molecule is CN=C(NCCCCOCCOC)NCCc1cccc(C(=O)N(C)C)c1.I. The molecule has 28 heavy (non-hydrogen) atoms. The number of hydrogen-bond donors (Lipinski definition) is 2. The maximum absolute atomic E-state index is 12.0. The second-order valence-electron chi connectivity index (χ2n) is 6.39. The van der Waals surface area contributed by atoms with E-state index in [2.05, 4.69) is 15.6 Å². The van der Waals surface area contributed by atoms with Gasteiger partial charge in [-0.05, 0) is 37.0 Å². The number of guanidine groups is 1. The Morgan fingerprint density at radius 1 is 1.11 bits per heavy atom. The summed E-state index contributed by atoms with van der Waals surface area (Å²) in [6.07, 6.45) is 2.84. The average molecular weight is 506 g/mol. The van der Waals surface area contributed by atoms with Gasteiger partial charge in [0.1, 0.15) is 0 Å². The number of carbonyl (C=O) groups is 1. The predicted molar refractivity (Wildman–Crippen MR) is 125 cm³/mol. The normalized spacial score (nSPS) is 10.9. The third-order valence-electron chi connectivity index (χ3n) is 3.95. The van der Waals surface area contributed by atoms with Gasteiger partial charge in [-0.2, -0.15) is 0 Å². The molecule has 1 rings (SSSR count). The summed E-state index contributed by atoms with van der Waals surface area (Å²) in [5, 5.41) is 6.60. The van der Waals surface area contributed by atoms with E-state index in [-0.39, 0.29) is 29.9 Å². The standard InChI is InChI=1S/C20H34N4O3.HI/c1-21-20(22-11-5-6-13-27-15-14-26-4)23-12-10-17-8-7-9-18(16-17)19(25)24(2)3;/h7-9,16H,5-6,10-15H2,1-4H3,(H2,21,22,23);1H. The van der Waals surface area contributed by atoms with Gasteiger partial charge in [0.2, 0.25) is 0 Å². The molecule has 0 atom stereocenters. The molecular weight excluding hydrogens is 471 g/mol. The average Bonchev–Trinajstić information content (AvgIpc) is 2.68. The van der Waals surface area contributed by atoms with Gasteiger partial charge < -0.3 is 25.0 Å². The fourth-order valence-corrected chi connectivity index (χ4v) is 2.44. The zero-order valence-electron chi connectivity index (χ0n) is 17.5. The number of aliphatic imine (C=N–C) groups is 1. The number of hydrogen-bond acceptors (Lipinski definition) is 4. The third kappa shape index (κ3) is 11.5. The first-order valence-corrected chi connectivity index (χ1v) is 9.40. The Hall–Kier alpha value is -1.39. The first-order chi connectivity index (χ1) is 13.1. The lowest BCUT2D eigenvalue weighted by atomic mass is 10.1. The molecule has 8 heteroatoms. The number of rotatable bonds is 12. The molecule has 0 spiro atoms. The third-order valence-corrected chi connectivity index (χ3v) is 3.95. The number of methoxy groups -OCH3 is 1. The Kier molecular flexibility index (Phi) is 15.7. The number of nitrogens with zero attached hydrogens (tertiary/aromatic N) is 2. The molecule has 0 saturated carbocycles. The van der Waals surface area contributed by atoms with Crippen molar-refractivity contribution in [3.8, 4) is 0 Å². The van der Waals surface area contributed by atoms with Gasteiger partial charge in [-0.3, -0.25) is 9.79 Å². The minimum atomic E-state index is 0. The summed E-state index contributed by atoms with van der Waals surface area (Å²) in [5.74, 6) is 0.810. The second kappa shape index (κ2) is 16.6. The van der Waals surface area contributed by atoms with Crippen molar-refractivity contribution in [1.29, 1.82) is 0 Å². The van der Waals surface area contributed by atoms with Crippen molar-refractivity contribution >= 4 is 35.8 Å². The fraction of sp³-hybridized carbons (Fsp3) is 0.600. The predicted octanol–water partition coefficient (Wildman–Crippen LogP) is 2.16. The van der Waals surface area contributed by atoms with Crippen LogP contribution in [0.3, 0.4) is 0 Å². The number of ether oxygens (including phenoxy) is 2. The first kappa shape index (κ1) is 26.6. The Labute approximate surface area is 186 Å². The topological polar surface area (TPSA) is 75.2 Å². The van der Waals surface area contributed by atoms with Crippen molar-refractivity contribution in [2.45, 2.75) is 19.3 Å². The van der Waals surface area contributed by atoms with Gasteiger partial charge in [-0.15, -0.1) is 24.0 Å². The van der Waals surface area contributed by atoms with Gasteiger partial charge in [0.15, 0.2) is 5.96 Å². The maximum atomic E-state index is 12.0. The molecule has 0 unspecified atom stereocenters. The molecule has 0 aliphatic rings. The zero-order chi connectivity index (χ0) is 19.9. The van der Waals surface area contributed by atoms with E-state index in [0.717, 1.165) is 50.5 Å². The summed E-state index contributed by atoms with van der Waals surface area (Å²) >= 11 is 0. The Balaban J connectivity index is 0.00000729. The first-order valence-electron chi connectivity index (χ1n) is 9.40. The summed E-state index contributed by atoms with van der Waals surface area (Å²) in [6, 6.07) is 7.75. The van der Waals surface area contributed by atoms with E-state index < -0.39 is 0 Å². The summed E-state index contributed by atoms with van der Waals surface area (Å²) in [7, 11) is 6.96. The molecule has 1 amide bonds. The monoisotopic (exact) mass is 506 g/mol. The van der Waals surface area contributed by atoms with Crippen LogP contribution in [0.4, 0.5) is 0 Å². The molecule has 2 N–H and O–H groups in total. The highest BCUT2D eigenvalue weighted by Crippen LogP contribution is 2.07. The molecule has 0 radical (unpaired) electrons. The van der Waals surface area contributed by atoms with E-state index in [1.165, 1.54) is 0 Å². The van der Waals surface area contributed by atoms with E-state index in [4.69, 9.17) is 9.47 Å². The van der Waals surface area contributed by atoms with Gasteiger partial charge in [0, 0.05) is 53.5 Å². The molecule has 7 nitrogen and oxygen atoms in total. The molecule has 1 aromatic rings. The molecule has 0 aromatic heterocycles.